The third-order valence-electron chi connectivity index (χ3n) is 1.53. The fraction of sp³-hybridized carbons (Fsp3) is 1.00. The van der Waals surface area contributed by atoms with Crippen LogP contribution in [0.1, 0.15) is 13.8 Å². The molecule has 2 atom stereocenters. The summed E-state index contributed by atoms with van der Waals surface area (Å²) >= 11 is 0. The Morgan fingerprint density at radius 2 is 2.33 bits per heavy atom. The smallest absolute Gasteiger partial charge is 0.183 e. The maximum atomic E-state index is 5.36. The van der Waals surface area contributed by atoms with Crippen molar-refractivity contribution in [2.75, 3.05) is 26.4 Å². The van der Waals surface area contributed by atoms with E-state index in [0.29, 0.717) is 26.4 Å². The minimum atomic E-state index is -0.264. The van der Waals surface area contributed by atoms with Crippen LogP contribution in [0.4, 0.5) is 0 Å². The van der Waals surface area contributed by atoms with E-state index < -0.39 is 0 Å². The molecule has 1 rings (SSSR count). The van der Waals surface area contributed by atoms with Crippen LogP contribution in [0.2, 0.25) is 0 Å². The Morgan fingerprint density at radius 1 is 1.50 bits per heavy atom. The van der Waals surface area contributed by atoms with Gasteiger partial charge >= 0.3 is 0 Å². The molecule has 0 amide bonds. The van der Waals surface area contributed by atoms with Crippen LogP contribution < -0.4 is 0 Å². The minimum Gasteiger partial charge on any atom is -0.374 e. The molecule has 4 nitrogen and oxygen atoms in total. The first kappa shape index (κ1) is 9.92. The van der Waals surface area contributed by atoms with E-state index in [4.69, 9.17) is 18.9 Å². The number of hydrogen-bond donors (Lipinski definition) is 0. The average Bonchev–Trinajstić information content (AvgIpc) is 2.06. The van der Waals surface area contributed by atoms with E-state index in [1.807, 2.05) is 13.8 Å². The Bertz CT molecular complexity index is 112. The van der Waals surface area contributed by atoms with Gasteiger partial charge in [-0.25, -0.2) is 0 Å². The molecule has 12 heavy (non-hydrogen) atoms. The van der Waals surface area contributed by atoms with Gasteiger partial charge in [-0.05, 0) is 13.8 Å². The second-order valence-electron chi connectivity index (χ2n) is 2.53. The van der Waals surface area contributed by atoms with Crippen LogP contribution in [0.15, 0.2) is 0 Å². The van der Waals surface area contributed by atoms with E-state index in [1.165, 1.54) is 0 Å². The number of rotatable bonds is 4. The zero-order valence-electron chi connectivity index (χ0n) is 7.62. The van der Waals surface area contributed by atoms with Crippen LogP contribution >= 0.6 is 0 Å². The topological polar surface area (TPSA) is 36.9 Å². The lowest BCUT2D eigenvalue weighted by Crippen LogP contribution is -2.34. The van der Waals surface area contributed by atoms with E-state index in [-0.39, 0.29) is 12.6 Å². The first-order valence-electron chi connectivity index (χ1n) is 4.29. The van der Waals surface area contributed by atoms with Crippen molar-refractivity contribution >= 4 is 0 Å². The van der Waals surface area contributed by atoms with Gasteiger partial charge < -0.3 is 18.9 Å². The Hall–Kier alpha value is -0.160. The lowest BCUT2D eigenvalue weighted by molar-refractivity contribution is -0.273. The van der Waals surface area contributed by atoms with Crippen LogP contribution in [0.25, 0.3) is 0 Å². The Morgan fingerprint density at radius 3 is 2.92 bits per heavy atom. The lowest BCUT2D eigenvalue weighted by atomic mass is 10.6. The minimum absolute atomic E-state index is 0.221. The molecule has 0 bridgehead atoms. The summed E-state index contributed by atoms with van der Waals surface area (Å²) in [4.78, 5) is 0. The molecule has 4 heteroatoms. The molecule has 1 aliphatic rings. The van der Waals surface area contributed by atoms with Crippen molar-refractivity contribution < 1.29 is 18.9 Å². The van der Waals surface area contributed by atoms with E-state index in [2.05, 4.69) is 0 Å². The quantitative estimate of drug-likeness (QED) is 0.592. The average molecular weight is 176 g/mol. The van der Waals surface area contributed by atoms with Gasteiger partial charge in [0.1, 0.15) is 0 Å². The zero-order chi connectivity index (χ0) is 8.81. The predicted molar refractivity (Wildman–Crippen MR) is 42.7 cm³/mol. The van der Waals surface area contributed by atoms with Gasteiger partial charge in [-0.2, -0.15) is 0 Å². The second kappa shape index (κ2) is 5.48. The molecule has 0 radical (unpaired) electrons. The van der Waals surface area contributed by atoms with Crippen LogP contribution in [-0.4, -0.2) is 39.0 Å². The summed E-state index contributed by atoms with van der Waals surface area (Å²) in [5.74, 6) is 0. The second-order valence-corrected chi connectivity index (χ2v) is 2.53. The molecular formula is C8H16O4. The Balaban J connectivity index is 2.11. The molecule has 0 spiro atoms. The van der Waals surface area contributed by atoms with Crippen LogP contribution in [0.5, 0.6) is 0 Å². The van der Waals surface area contributed by atoms with E-state index in [0.717, 1.165) is 0 Å². The van der Waals surface area contributed by atoms with Crippen molar-refractivity contribution in [2.24, 2.45) is 0 Å². The molecule has 1 fully saturated rings. The molecule has 2 unspecified atom stereocenters. The molecule has 0 aromatic heterocycles. The number of ether oxygens (including phenoxy) is 4. The highest BCUT2D eigenvalue weighted by atomic mass is 16.8. The maximum absolute atomic E-state index is 5.36. The maximum Gasteiger partial charge on any atom is 0.183 e. The highest BCUT2D eigenvalue weighted by molar-refractivity contribution is 4.49. The summed E-state index contributed by atoms with van der Waals surface area (Å²) in [5.41, 5.74) is 0. The third-order valence-corrected chi connectivity index (χ3v) is 1.53. The summed E-state index contributed by atoms with van der Waals surface area (Å²) in [6, 6.07) is 0. The molecule has 0 saturated carbocycles. The molecule has 72 valence electrons. The summed E-state index contributed by atoms with van der Waals surface area (Å²) in [5, 5.41) is 0. The van der Waals surface area contributed by atoms with Gasteiger partial charge in [-0.1, -0.05) is 0 Å². The summed E-state index contributed by atoms with van der Waals surface area (Å²) in [6.45, 7) is 6.18. The van der Waals surface area contributed by atoms with Crippen molar-refractivity contribution in [3.8, 4) is 0 Å². The molecule has 0 aliphatic carbocycles. The standard InChI is InChI=1S/C8H16O4/c1-3-10-7(2)12-8-6-9-4-5-11-8/h7-8H,3-6H2,1-2H3. The highest BCUT2D eigenvalue weighted by Crippen LogP contribution is 2.06. The largest absolute Gasteiger partial charge is 0.374 e. The normalized spacial score (nSPS) is 27.0. The van der Waals surface area contributed by atoms with Gasteiger partial charge in [-0.3, -0.25) is 0 Å². The fourth-order valence-corrected chi connectivity index (χ4v) is 1.03. The number of hydrogen-bond acceptors (Lipinski definition) is 4. The van der Waals surface area contributed by atoms with Crippen molar-refractivity contribution in [1.29, 1.82) is 0 Å². The van der Waals surface area contributed by atoms with E-state index >= 15 is 0 Å². The molecular weight excluding hydrogens is 160 g/mol. The predicted octanol–water partition coefficient (Wildman–Crippen LogP) is 0.758. The van der Waals surface area contributed by atoms with Crippen molar-refractivity contribution in [3.63, 3.8) is 0 Å². The van der Waals surface area contributed by atoms with Crippen molar-refractivity contribution in [2.45, 2.75) is 26.4 Å². The van der Waals surface area contributed by atoms with E-state index in [1.54, 1.807) is 0 Å². The van der Waals surface area contributed by atoms with Gasteiger partial charge in [0.05, 0.1) is 19.8 Å². The van der Waals surface area contributed by atoms with Gasteiger partial charge in [-0.15, -0.1) is 0 Å². The Kier molecular flexibility index (Phi) is 4.53. The molecule has 0 aromatic carbocycles. The van der Waals surface area contributed by atoms with Crippen LogP contribution in [-0.2, 0) is 18.9 Å². The SMILES string of the molecule is CCOC(C)OC1COCCO1. The van der Waals surface area contributed by atoms with Gasteiger partial charge in [0.25, 0.3) is 0 Å². The van der Waals surface area contributed by atoms with Gasteiger partial charge in [0.2, 0.25) is 0 Å². The fourth-order valence-electron chi connectivity index (χ4n) is 1.03. The zero-order valence-corrected chi connectivity index (χ0v) is 7.62. The molecule has 1 heterocycles. The van der Waals surface area contributed by atoms with Gasteiger partial charge in [0, 0.05) is 6.61 Å². The van der Waals surface area contributed by atoms with Crippen molar-refractivity contribution in [1.82, 2.24) is 0 Å². The Labute approximate surface area is 72.7 Å². The van der Waals surface area contributed by atoms with Crippen molar-refractivity contribution in [3.05, 3.63) is 0 Å². The first-order chi connectivity index (χ1) is 5.83. The summed E-state index contributed by atoms with van der Waals surface area (Å²) < 4.78 is 21.0. The van der Waals surface area contributed by atoms with Crippen LogP contribution in [0, 0.1) is 0 Å². The van der Waals surface area contributed by atoms with E-state index in [9.17, 15) is 0 Å². The lowest BCUT2D eigenvalue weighted by Gasteiger charge is -2.25. The summed E-state index contributed by atoms with van der Waals surface area (Å²) in [7, 11) is 0. The third kappa shape index (κ3) is 3.49. The molecule has 1 saturated heterocycles. The van der Waals surface area contributed by atoms with Gasteiger partial charge in [0.15, 0.2) is 12.6 Å². The molecule has 0 aromatic rings. The van der Waals surface area contributed by atoms with Crippen LogP contribution in [0.3, 0.4) is 0 Å². The highest BCUT2D eigenvalue weighted by Gasteiger charge is 2.17. The summed E-state index contributed by atoms with van der Waals surface area (Å²) in [6.07, 6.45) is -0.484. The molecule has 0 N–H and O–H groups in total. The first-order valence-corrected chi connectivity index (χ1v) is 4.29. The molecule has 1 aliphatic heterocycles. The monoisotopic (exact) mass is 176 g/mol.